The third kappa shape index (κ3) is 5.40. The normalized spacial score (nSPS) is 31.1. The van der Waals surface area contributed by atoms with Crippen LogP contribution in [0.2, 0.25) is 0 Å². The summed E-state index contributed by atoms with van der Waals surface area (Å²) in [5.74, 6) is -1.09. The first kappa shape index (κ1) is 28.3. The van der Waals surface area contributed by atoms with Gasteiger partial charge in [0.15, 0.2) is 0 Å². The van der Waals surface area contributed by atoms with E-state index in [-0.39, 0.29) is 63.5 Å². The Morgan fingerprint density at radius 2 is 1.85 bits per heavy atom. The van der Waals surface area contributed by atoms with Crippen molar-refractivity contribution in [3.63, 3.8) is 0 Å². The molecule has 218 valence electrons. The summed E-state index contributed by atoms with van der Waals surface area (Å²) in [6.07, 6.45) is 3.55. The maximum absolute atomic E-state index is 14.9. The zero-order valence-corrected chi connectivity index (χ0v) is 25.5. The van der Waals surface area contributed by atoms with Crippen molar-refractivity contribution in [2.24, 2.45) is 11.8 Å². The third-order valence-corrected chi connectivity index (χ3v) is 12.5. The molecule has 0 bridgehead atoms. The summed E-state index contributed by atoms with van der Waals surface area (Å²) >= 11 is -0.309. The van der Waals surface area contributed by atoms with Gasteiger partial charge in [-0.05, 0) is 0 Å². The van der Waals surface area contributed by atoms with Crippen molar-refractivity contribution in [1.82, 2.24) is 13.7 Å². The van der Waals surface area contributed by atoms with Crippen LogP contribution in [0, 0.1) is 11.8 Å². The van der Waals surface area contributed by atoms with Gasteiger partial charge in [0.1, 0.15) is 0 Å². The molecule has 6 rings (SSSR count). The van der Waals surface area contributed by atoms with E-state index < -0.39 is 5.92 Å². The molecule has 1 aliphatic carbocycles. The number of fused-ring (bicyclic) bond motifs is 2. The fourth-order valence-electron chi connectivity index (χ4n) is 7.93. The minimum atomic E-state index is -2.57. The van der Waals surface area contributed by atoms with Gasteiger partial charge >= 0.3 is 248 Å². The minimum absolute atomic E-state index is 0.00958. The van der Waals surface area contributed by atoms with E-state index in [9.17, 15) is 13.6 Å². The number of nitrogens with zero attached hydrogens (tertiary/aromatic N) is 1. The van der Waals surface area contributed by atoms with E-state index in [0.29, 0.717) is 25.3 Å². The van der Waals surface area contributed by atoms with Crippen LogP contribution in [-0.4, -0.2) is 53.9 Å². The molecule has 3 heterocycles. The Kier molecular flexibility index (Phi) is 8.39. The van der Waals surface area contributed by atoms with Crippen molar-refractivity contribution in [2.75, 3.05) is 31.2 Å². The molecule has 40 heavy (non-hydrogen) atoms. The number of halogens is 3. The molecule has 3 fully saturated rings. The van der Waals surface area contributed by atoms with Gasteiger partial charge in [0, 0.05) is 0 Å². The molecule has 8 heteroatoms. The van der Waals surface area contributed by atoms with Crippen molar-refractivity contribution >= 4 is 5.91 Å². The zero-order valence-electron chi connectivity index (χ0n) is 23.3. The summed E-state index contributed by atoms with van der Waals surface area (Å²) in [4.78, 5) is 17.0. The molecule has 1 spiro atoms. The predicted molar refractivity (Wildman–Crippen MR) is 148 cm³/mol. The molecule has 1 saturated carbocycles. The van der Waals surface area contributed by atoms with Gasteiger partial charge in [0.2, 0.25) is 0 Å². The van der Waals surface area contributed by atoms with Gasteiger partial charge in [-0.1, -0.05) is 0 Å². The molecule has 0 radical (unpaired) electrons. The summed E-state index contributed by atoms with van der Waals surface area (Å²) in [5, 5.41) is 3.65. The van der Waals surface area contributed by atoms with Crippen LogP contribution in [0.1, 0.15) is 67.6 Å². The number of hydrogen-bond acceptors (Lipinski definition) is 4. The summed E-state index contributed by atoms with van der Waals surface area (Å²) in [7, 11) is 1.72. The van der Waals surface area contributed by atoms with Crippen LogP contribution in [0.4, 0.5) is 8.78 Å². The number of likely N-dealkylation sites (tertiary alicyclic amines) is 1. The van der Waals surface area contributed by atoms with Gasteiger partial charge in [0.05, 0.1) is 0 Å². The fraction of sp³-hybridized carbons (Fsp3) is 0.594. The van der Waals surface area contributed by atoms with Crippen LogP contribution in [0.15, 0.2) is 48.5 Å². The van der Waals surface area contributed by atoms with Crippen LogP contribution in [0.25, 0.3) is 0 Å². The predicted octanol–water partition coefficient (Wildman–Crippen LogP) is 2.25. The summed E-state index contributed by atoms with van der Waals surface area (Å²) in [5.41, 5.74) is 3.43. The van der Waals surface area contributed by atoms with Crippen molar-refractivity contribution < 1.29 is 39.8 Å². The number of ether oxygens (including phenoxy) is 1. The number of rotatable bonds is 4. The summed E-state index contributed by atoms with van der Waals surface area (Å²) < 4.78 is 38.7. The van der Waals surface area contributed by atoms with Crippen molar-refractivity contribution in [3.8, 4) is 5.75 Å². The molecule has 0 aromatic heterocycles. The van der Waals surface area contributed by atoms with Gasteiger partial charge in [0.25, 0.3) is 0 Å². The first-order valence-corrected chi connectivity index (χ1v) is 17.4. The van der Waals surface area contributed by atoms with Gasteiger partial charge < -0.3 is 0 Å². The number of carbonyl (C=O) groups excluding carboxylic acids is 1. The van der Waals surface area contributed by atoms with E-state index in [0.717, 1.165) is 49.1 Å². The second-order valence-electron chi connectivity index (χ2n) is 12.1. The number of amides is 1. The molecule has 3 aliphatic heterocycles. The Balaban J connectivity index is 1.34. The Bertz CT molecular complexity index is 1190. The van der Waals surface area contributed by atoms with E-state index in [1.54, 1.807) is 7.11 Å². The average molecular weight is 665 g/mol. The number of piperidine rings is 1. The summed E-state index contributed by atoms with van der Waals surface area (Å²) in [6, 6.07) is 16.9. The molecule has 2 aromatic carbocycles. The third-order valence-electron chi connectivity index (χ3n) is 10.1. The first-order chi connectivity index (χ1) is 19.4. The molecule has 2 saturated heterocycles. The molecule has 5 nitrogen and oxygen atoms in total. The van der Waals surface area contributed by atoms with E-state index in [2.05, 4.69) is 50.1 Å². The summed E-state index contributed by atoms with van der Waals surface area (Å²) in [6.45, 7) is 3.13. The van der Waals surface area contributed by atoms with Crippen LogP contribution < -0.4 is 35.1 Å². The molecule has 1 amide bonds. The quantitative estimate of drug-likeness (QED) is 0.300. The molecule has 2 aromatic rings. The van der Waals surface area contributed by atoms with E-state index >= 15 is 0 Å². The monoisotopic (exact) mass is 664 g/mol. The molecule has 2 N–H and O–H groups in total. The van der Waals surface area contributed by atoms with Gasteiger partial charge in [-0.25, -0.2) is 0 Å². The maximum atomic E-state index is 14.9. The van der Waals surface area contributed by atoms with Crippen molar-refractivity contribution in [3.05, 3.63) is 65.2 Å². The molecule has 4 atom stereocenters. The van der Waals surface area contributed by atoms with Crippen LogP contribution in [-0.2, 0) is 16.8 Å². The second-order valence-corrected chi connectivity index (χ2v) is 14.6. The van der Waals surface area contributed by atoms with Crippen LogP contribution in [0.3, 0.4) is 0 Å². The van der Waals surface area contributed by atoms with Crippen molar-refractivity contribution in [1.29, 1.82) is 0 Å². The number of hydrogen-bond donors (Lipinski definition) is 2. The Morgan fingerprint density at radius 1 is 1.05 bits per heavy atom. The molecule has 4 aliphatic rings. The number of benzene rings is 2. The zero-order chi connectivity index (χ0) is 27.7. The van der Waals surface area contributed by atoms with Gasteiger partial charge in [-0.2, -0.15) is 0 Å². The first-order valence-electron chi connectivity index (χ1n) is 14.8. The Hall–Kier alpha value is -1.78. The Morgan fingerprint density at radius 3 is 2.62 bits per heavy atom. The second kappa shape index (κ2) is 11.8. The number of carbonyl (C=O) groups is 1. The van der Waals surface area contributed by atoms with Crippen LogP contribution in [0.5, 0.6) is 5.75 Å². The van der Waals surface area contributed by atoms with Crippen LogP contribution >= 0.6 is 0 Å². The number of methoxy groups -OCH3 is 1. The van der Waals surface area contributed by atoms with Crippen molar-refractivity contribution in [2.45, 2.75) is 74.8 Å². The topological polar surface area (TPSA) is 53.6 Å². The van der Waals surface area contributed by atoms with Gasteiger partial charge in [-0.3, -0.25) is 0 Å². The Labute approximate surface area is 247 Å². The molecular weight excluding hydrogens is 623 g/mol. The molecule has 0 unspecified atom stereocenters. The average Bonchev–Trinajstić information content (AvgIpc) is 3.20. The molecular formula is C32H41F2IN3O2-. The van der Waals surface area contributed by atoms with E-state index in [1.165, 1.54) is 16.7 Å². The van der Waals surface area contributed by atoms with E-state index in [1.807, 2.05) is 12.1 Å². The van der Waals surface area contributed by atoms with Gasteiger partial charge in [-0.15, -0.1) is 0 Å². The van der Waals surface area contributed by atoms with E-state index in [4.69, 9.17) is 4.74 Å². The number of alkyl halides is 3. The standard InChI is InChI=1S/C32H41F2IN3O2/c1-40-29-9-5-8-26-25(29)20-36-21-31(26)15-16-37-35-19-27(31)30(39)38-17-12-24(22-6-3-2-4-7-22)18-28(38)23-10-13-32(33,34)14-11-23/h2-9,23-24,27-28,36-37H,10-21H2,1H3/q-1/t24-,27+,28+,31-/m1/s1. The number of nitrogens with one attached hydrogen (secondary N) is 2. The fourth-order valence-corrected chi connectivity index (χ4v) is 10.6. The SMILES string of the molecule is COc1cccc2c1CNC[C@]21CCN[I-]C[C@H]1C(=O)N1CC[C@@H](c2ccccc2)C[C@H]1C1CCC(F)(F)CC1.